The van der Waals surface area contributed by atoms with Crippen LogP contribution in [0, 0.1) is 10.1 Å². The Bertz CT molecular complexity index is 702. The third kappa shape index (κ3) is 1.85. The van der Waals surface area contributed by atoms with E-state index in [9.17, 15) is 19.7 Å². The zero-order valence-corrected chi connectivity index (χ0v) is 10.9. The van der Waals surface area contributed by atoms with E-state index < -0.39 is 37.2 Å². The average Bonchev–Trinajstić information content (AvgIpc) is 2.65. The maximum atomic E-state index is 12.0. The molecule has 0 saturated carbocycles. The van der Waals surface area contributed by atoms with E-state index in [0.717, 1.165) is 0 Å². The molecule has 0 bridgehead atoms. The van der Waals surface area contributed by atoms with Crippen molar-refractivity contribution < 1.29 is 14.8 Å². The molecule has 0 aliphatic carbocycles. The Labute approximate surface area is 106 Å². The van der Waals surface area contributed by atoms with Crippen molar-refractivity contribution in [2.24, 2.45) is 0 Å². The second-order valence-electron chi connectivity index (χ2n) is 3.65. The van der Waals surface area contributed by atoms with Gasteiger partial charge in [-0.1, -0.05) is 0 Å². The Balaban J connectivity index is 2.78. The standard InChI is InChI=1S/C10H8N2O5Se/c1-5(10(14)15)11-9(13)6-3-2-4-7(12(16)17)8(6)18-11/h2-5H,1H3,(H,14,15). The molecule has 7 nitrogen and oxygen atoms in total. The third-order valence-electron chi connectivity index (χ3n) is 2.52. The van der Waals surface area contributed by atoms with Crippen LogP contribution >= 0.6 is 0 Å². The summed E-state index contributed by atoms with van der Waals surface area (Å²) in [4.78, 5) is 33.2. The fourth-order valence-corrected chi connectivity index (χ4v) is 3.89. The molecule has 2 rings (SSSR count). The molecule has 18 heavy (non-hydrogen) atoms. The quantitative estimate of drug-likeness (QED) is 0.508. The molecular formula is C10H8N2O5Se. The number of benzene rings is 1. The van der Waals surface area contributed by atoms with Gasteiger partial charge in [0.25, 0.3) is 0 Å². The second-order valence-corrected chi connectivity index (χ2v) is 5.71. The van der Waals surface area contributed by atoms with E-state index in [4.69, 9.17) is 5.11 Å². The number of carbonyl (C=O) groups is 1. The first-order valence-corrected chi connectivity index (χ1v) is 6.57. The number of rotatable bonds is 3. The van der Waals surface area contributed by atoms with Crippen LogP contribution in [0.1, 0.15) is 13.0 Å². The fourth-order valence-electron chi connectivity index (χ4n) is 1.55. The van der Waals surface area contributed by atoms with Gasteiger partial charge in [-0.25, -0.2) is 0 Å². The van der Waals surface area contributed by atoms with Gasteiger partial charge in [0, 0.05) is 0 Å². The van der Waals surface area contributed by atoms with E-state index in [1.54, 1.807) is 0 Å². The molecule has 1 aromatic heterocycles. The van der Waals surface area contributed by atoms with Gasteiger partial charge in [-0.2, -0.15) is 0 Å². The van der Waals surface area contributed by atoms with E-state index in [1.807, 2.05) is 0 Å². The summed E-state index contributed by atoms with van der Waals surface area (Å²) in [5.41, 5.74) is -0.579. The van der Waals surface area contributed by atoms with E-state index >= 15 is 0 Å². The molecule has 8 heteroatoms. The van der Waals surface area contributed by atoms with Crippen molar-refractivity contribution in [3.63, 3.8) is 0 Å². The van der Waals surface area contributed by atoms with Crippen LogP contribution in [0.15, 0.2) is 23.0 Å². The number of carboxylic acid groups (broad SMARTS) is 1. The minimum atomic E-state index is -1.12. The van der Waals surface area contributed by atoms with Crippen LogP contribution in [0.25, 0.3) is 9.65 Å². The molecule has 1 aromatic carbocycles. The molecule has 2 aromatic rings. The van der Waals surface area contributed by atoms with Gasteiger partial charge in [0.1, 0.15) is 0 Å². The fraction of sp³-hybridized carbons (Fsp3) is 0.200. The number of non-ortho nitro benzene ring substituents is 1. The van der Waals surface area contributed by atoms with Crippen molar-refractivity contribution in [1.82, 2.24) is 3.56 Å². The van der Waals surface area contributed by atoms with Gasteiger partial charge in [0.2, 0.25) is 0 Å². The van der Waals surface area contributed by atoms with E-state index in [2.05, 4.69) is 0 Å². The summed E-state index contributed by atoms with van der Waals surface area (Å²) in [6, 6.07) is 3.26. The van der Waals surface area contributed by atoms with E-state index in [1.165, 1.54) is 28.7 Å². The van der Waals surface area contributed by atoms with Gasteiger partial charge in [-0.3, -0.25) is 0 Å². The van der Waals surface area contributed by atoms with Gasteiger partial charge < -0.3 is 0 Å². The average molecular weight is 315 g/mol. The number of nitrogens with zero attached hydrogens (tertiary/aromatic N) is 2. The summed E-state index contributed by atoms with van der Waals surface area (Å²) in [7, 11) is 0. The summed E-state index contributed by atoms with van der Waals surface area (Å²) < 4.78 is 1.51. The summed E-state index contributed by atoms with van der Waals surface area (Å²) in [6.07, 6.45) is 0. The summed E-state index contributed by atoms with van der Waals surface area (Å²) in [6.45, 7) is 1.39. The molecule has 0 radical (unpaired) electrons. The van der Waals surface area contributed by atoms with E-state index in [0.29, 0.717) is 4.26 Å². The SMILES string of the molecule is CC(C(=O)O)n1[se]c2c([N+](=O)[O-])cccc2c1=O. The molecule has 0 fully saturated rings. The molecule has 1 unspecified atom stereocenters. The Kier molecular flexibility index (Phi) is 3.06. The van der Waals surface area contributed by atoms with Crippen molar-refractivity contribution in [2.45, 2.75) is 13.0 Å². The van der Waals surface area contributed by atoms with Crippen LogP contribution in [0.4, 0.5) is 5.69 Å². The Hall–Kier alpha value is -1.92. The summed E-state index contributed by atoms with van der Waals surface area (Å²) in [5, 5.41) is 20.0. The van der Waals surface area contributed by atoms with E-state index in [-0.39, 0.29) is 11.1 Å². The van der Waals surface area contributed by atoms with Gasteiger partial charge >= 0.3 is 106 Å². The Morgan fingerprint density at radius 3 is 2.78 bits per heavy atom. The van der Waals surface area contributed by atoms with Crippen molar-refractivity contribution in [1.29, 1.82) is 0 Å². The number of hydrogen-bond acceptors (Lipinski definition) is 4. The van der Waals surface area contributed by atoms with Crippen molar-refractivity contribution in [3.8, 4) is 0 Å². The number of nitro groups is 1. The molecule has 1 N–H and O–H groups in total. The molecule has 1 heterocycles. The molecule has 94 valence electrons. The van der Waals surface area contributed by atoms with Crippen LogP contribution in [0.5, 0.6) is 0 Å². The molecular weight excluding hydrogens is 307 g/mol. The number of aliphatic carboxylic acids is 1. The zero-order chi connectivity index (χ0) is 13.4. The minimum absolute atomic E-state index is 0.124. The molecule has 0 spiro atoms. The predicted molar refractivity (Wildman–Crippen MR) is 64.1 cm³/mol. The molecule has 0 saturated heterocycles. The van der Waals surface area contributed by atoms with Crippen molar-refractivity contribution in [3.05, 3.63) is 38.7 Å². The predicted octanol–water partition coefficient (Wildman–Crippen LogP) is 0.612. The number of fused-ring (bicyclic) bond motifs is 1. The number of hydrogen-bond donors (Lipinski definition) is 1. The number of carboxylic acids is 1. The van der Waals surface area contributed by atoms with Gasteiger partial charge in [0.15, 0.2) is 0 Å². The Morgan fingerprint density at radius 1 is 1.56 bits per heavy atom. The topological polar surface area (TPSA) is 102 Å². The molecule has 1 atom stereocenters. The van der Waals surface area contributed by atoms with Crippen LogP contribution in [0.2, 0.25) is 0 Å². The van der Waals surface area contributed by atoms with Gasteiger partial charge in [-0.15, -0.1) is 0 Å². The normalized spacial score (nSPS) is 12.5. The first kappa shape index (κ1) is 12.5. The first-order valence-electron chi connectivity index (χ1n) is 4.95. The van der Waals surface area contributed by atoms with Gasteiger partial charge in [0.05, 0.1) is 0 Å². The summed E-state index contributed by atoms with van der Waals surface area (Å²) >= 11 is -0.673. The van der Waals surface area contributed by atoms with Crippen LogP contribution in [-0.2, 0) is 4.79 Å². The van der Waals surface area contributed by atoms with Gasteiger partial charge in [-0.05, 0) is 0 Å². The zero-order valence-electron chi connectivity index (χ0n) is 9.19. The second kappa shape index (κ2) is 4.40. The molecule has 0 aliphatic rings. The number of aromatic nitrogens is 1. The van der Waals surface area contributed by atoms with Crippen LogP contribution in [0.3, 0.4) is 0 Å². The maximum absolute atomic E-state index is 12.0. The van der Waals surface area contributed by atoms with Crippen LogP contribution < -0.4 is 5.56 Å². The monoisotopic (exact) mass is 316 g/mol. The van der Waals surface area contributed by atoms with Crippen LogP contribution in [-0.4, -0.2) is 34.3 Å². The Morgan fingerprint density at radius 2 is 2.22 bits per heavy atom. The third-order valence-corrected chi connectivity index (χ3v) is 5.23. The molecule has 0 aliphatic heterocycles. The molecule has 0 amide bonds. The van der Waals surface area contributed by atoms with Crippen molar-refractivity contribution >= 4 is 36.0 Å². The summed E-state index contributed by atoms with van der Waals surface area (Å²) in [5.74, 6) is -1.12. The first-order chi connectivity index (χ1) is 8.43. The number of nitro benzene ring substituents is 1. The van der Waals surface area contributed by atoms with Crippen molar-refractivity contribution in [2.75, 3.05) is 0 Å².